The number of hydrogen-bond acceptors (Lipinski definition) is 6. The van der Waals surface area contributed by atoms with E-state index in [2.05, 4.69) is 5.32 Å². The van der Waals surface area contributed by atoms with Crippen LogP contribution in [0.25, 0.3) is 0 Å². The lowest BCUT2D eigenvalue weighted by atomic mass is 10.1. The lowest BCUT2D eigenvalue weighted by Gasteiger charge is -2.31. The Hall–Kier alpha value is -2.72. The van der Waals surface area contributed by atoms with E-state index in [1.165, 1.54) is 17.8 Å². The number of halogens is 3. The van der Waals surface area contributed by atoms with Crippen molar-refractivity contribution >= 4 is 35.0 Å². The van der Waals surface area contributed by atoms with Crippen LogP contribution < -0.4 is 10.2 Å². The van der Waals surface area contributed by atoms with Crippen LogP contribution in [0.15, 0.2) is 47.4 Å². The van der Waals surface area contributed by atoms with Crippen LogP contribution in [0.3, 0.4) is 0 Å². The highest BCUT2D eigenvalue weighted by Crippen LogP contribution is 2.35. The topological polar surface area (TPSA) is 67.9 Å². The van der Waals surface area contributed by atoms with Gasteiger partial charge in [-0.2, -0.15) is 13.2 Å². The Bertz CT molecular complexity index is 962. The zero-order valence-electron chi connectivity index (χ0n) is 17.4. The molecule has 0 saturated carbocycles. The van der Waals surface area contributed by atoms with Crippen molar-refractivity contribution in [2.24, 2.45) is 0 Å². The van der Waals surface area contributed by atoms with Crippen molar-refractivity contribution in [3.8, 4) is 0 Å². The summed E-state index contributed by atoms with van der Waals surface area (Å²) < 4.78 is 49.8. The van der Waals surface area contributed by atoms with Gasteiger partial charge in [-0.25, -0.2) is 0 Å². The number of anilines is 2. The average Bonchev–Trinajstić information content (AvgIpc) is 2.77. The van der Waals surface area contributed by atoms with Crippen molar-refractivity contribution in [2.75, 3.05) is 48.9 Å². The Labute approximate surface area is 188 Å². The van der Waals surface area contributed by atoms with Crippen LogP contribution in [0, 0.1) is 6.92 Å². The van der Waals surface area contributed by atoms with E-state index in [1.807, 2.05) is 36.1 Å². The molecule has 0 spiro atoms. The fourth-order valence-corrected chi connectivity index (χ4v) is 3.95. The summed E-state index contributed by atoms with van der Waals surface area (Å²) in [6, 6.07) is 10.7. The van der Waals surface area contributed by atoms with Gasteiger partial charge < -0.3 is 19.7 Å². The number of rotatable bonds is 7. The maximum atomic E-state index is 13.2. The van der Waals surface area contributed by atoms with Gasteiger partial charge in [0.1, 0.15) is 0 Å². The predicted octanol–water partition coefficient (Wildman–Crippen LogP) is 4.12. The van der Waals surface area contributed by atoms with Gasteiger partial charge >= 0.3 is 12.1 Å². The highest BCUT2D eigenvalue weighted by Gasteiger charge is 2.32. The molecule has 1 fully saturated rings. The zero-order chi connectivity index (χ0) is 23.1. The molecule has 2 aromatic carbocycles. The van der Waals surface area contributed by atoms with E-state index in [1.54, 1.807) is 0 Å². The Morgan fingerprint density at radius 1 is 1.16 bits per heavy atom. The number of carbonyl (C=O) groups is 2. The van der Waals surface area contributed by atoms with Crippen molar-refractivity contribution in [3.05, 3.63) is 53.6 Å². The molecule has 1 aliphatic heterocycles. The minimum absolute atomic E-state index is 0.0112. The molecule has 0 aliphatic carbocycles. The minimum atomic E-state index is -4.55. The Morgan fingerprint density at radius 2 is 1.88 bits per heavy atom. The summed E-state index contributed by atoms with van der Waals surface area (Å²) >= 11 is 1.29. The molecular formula is C22H23F3N2O4S. The Kier molecular flexibility index (Phi) is 8.03. The molecule has 1 saturated heterocycles. The molecule has 1 aliphatic rings. The van der Waals surface area contributed by atoms with E-state index in [0.29, 0.717) is 32.0 Å². The van der Waals surface area contributed by atoms with Crippen molar-refractivity contribution in [1.82, 2.24) is 0 Å². The predicted molar refractivity (Wildman–Crippen MR) is 116 cm³/mol. The summed E-state index contributed by atoms with van der Waals surface area (Å²) in [7, 11) is 0. The summed E-state index contributed by atoms with van der Waals surface area (Å²) in [6.45, 7) is 3.17. The molecule has 1 N–H and O–H groups in total. The molecule has 10 heteroatoms. The number of thioether (sulfide) groups is 1. The molecular weight excluding hydrogens is 445 g/mol. The highest BCUT2D eigenvalue weighted by molar-refractivity contribution is 8.00. The second kappa shape index (κ2) is 10.7. The van der Waals surface area contributed by atoms with Gasteiger partial charge in [0.2, 0.25) is 0 Å². The molecule has 0 radical (unpaired) electrons. The maximum absolute atomic E-state index is 13.2. The largest absolute Gasteiger partial charge is 0.455 e. The van der Waals surface area contributed by atoms with Crippen LogP contribution in [0.5, 0.6) is 0 Å². The number of esters is 1. The molecule has 0 unspecified atom stereocenters. The number of morpholine rings is 1. The first kappa shape index (κ1) is 23.9. The van der Waals surface area contributed by atoms with E-state index in [4.69, 9.17) is 9.47 Å². The SMILES string of the molecule is Cc1ccccc1SCC(=O)OCC(=O)Nc1cc(C(F)(F)F)ccc1N1CCOCC1. The fraction of sp³-hybridized carbons (Fsp3) is 0.364. The van der Waals surface area contributed by atoms with Crippen molar-refractivity contribution in [2.45, 2.75) is 18.0 Å². The molecule has 0 atom stereocenters. The number of amides is 1. The van der Waals surface area contributed by atoms with Gasteiger partial charge in [-0.3, -0.25) is 9.59 Å². The summed E-state index contributed by atoms with van der Waals surface area (Å²) in [5, 5.41) is 2.45. The first-order valence-electron chi connectivity index (χ1n) is 9.92. The summed E-state index contributed by atoms with van der Waals surface area (Å²) in [4.78, 5) is 27.1. The normalized spacial score (nSPS) is 14.2. The van der Waals surface area contributed by atoms with Crippen LogP contribution in [0.1, 0.15) is 11.1 Å². The van der Waals surface area contributed by atoms with E-state index in [0.717, 1.165) is 22.6 Å². The van der Waals surface area contributed by atoms with E-state index in [-0.39, 0.29) is 11.4 Å². The third-order valence-corrected chi connectivity index (χ3v) is 5.90. The van der Waals surface area contributed by atoms with Crippen LogP contribution in [0.2, 0.25) is 0 Å². The van der Waals surface area contributed by atoms with Crippen LogP contribution in [-0.2, 0) is 25.2 Å². The van der Waals surface area contributed by atoms with Crippen molar-refractivity contribution in [3.63, 3.8) is 0 Å². The van der Waals surface area contributed by atoms with E-state index >= 15 is 0 Å². The molecule has 1 amide bonds. The quantitative estimate of drug-likeness (QED) is 0.487. The number of ether oxygens (including phenoxy) is 2. The maximum Gasteiger partial charge on any atom is 0.416 e. The van der Waals surface area contributed by atoms with Gasteiger partial charge in [-0.05, 0) is 36.8 Å². The van der Waals surface area contributed by atoms with Gasteiger partial charge in [0.25, 0.3) is 5.91 Å². The lowest BCUT2D eigenvalue weighted by Crippen LogP contribution is -2.37. The first-order chi connectivity index (χ1) is 15.2. The van der Waals surface area contributed by atoms with E-state index < -0.39 is 30.2 Å². The third-order valence-electron chi connectivity index (χ3n) is 4.75. The smallest absolute Gasteiger partial charge is 0.416 e. The summed E-state index contributed by atoms with van der Waals surface area (Å²) in [5.41, 5.74) is 0.604. The fourth-order valence-electron chi connectivity index (χ4n) is 3.12. The number of alkyl halides is 3. The van der Waals surface area contributed by atoms with Crippen LogP contribution in [0.4, 0.5) is 24.5 Å². The molecule has 2 aromatic rings. The van der Waals surface area contributed by atoms with Crippen LogP contribution in [-0.4, -0.2) is 50.5 Å². The van der Waals surface area contributed by atoms with Gasteiger partial charge in [-0.15, -0.1) is 11.8 Å². The number of hydrogen-bond donors (Lipinski definition) is 1. The van der Waals surface area contributed by atoms with Crippen molar-refractivity contribution < 1.29 is 32.2 Å². The molecule has 1 heterocycles. The standard InChI is InChI=1S/C22H23F3N2O4S/c1-15-4-2-3-5-19(15)32-14-21(29)31-13-20(28)26-17-12-16(22(23,24)25)6-7-18(17)27-8-10-30-11-9-27/h2-7,12H,8-11,13-14H2,1H3,(H,26,28). The Morgan fingerprint density at radius 3 is 2.56 bits per heavy atom. The van der Waals surface area contributed by atoms with Gasteiger partial charge in [0.05, 0.1) is 35.9 Å². The number of aryl methyl sites for hydroxylation is 1. The molecule has 0 bridgehead atoms. The summed E-state index contributed by atoms with van der Waals surface area (Å²) in [5.74, 6) is -1.29. The summed E-state index contributed by atoms with van der Waals surface area (Å²) in [6.07, 6.45) is -4.55. The third kappa shape index (κ3) is 6.64. The van der Waals surface area contributed by atoms with E-state index in [9.17, 15) is 22.8 Å². The monoisotopic (exact) mass is 468 g/mol. The molecule has 172 valence electrons. The van der Waals surface area contributed by atoms with Gasteiger partial charge in [0, 0.05) is 18.0 Å². The van der Waals surface area contributed by atoms with Crippen molar-refractivity contribution in [1.29, 1.82) is 0 Å². The second-order valence-electron chi connectivity index (χ2n) is 7.09. The minimum Gasteiger partial charge on any atom is -0.455 e. The highest BCUT2D eigenvalue weighted by atomic mass is 32.2. The molecule has 32 heavy (non-hydrogen) atoms. The molecule has 3 rings (SSSR count). The average molecular weight is 468 g/mol. The number of nitrogens with zero attached hydrogens (tertiary/aromatic N) is 1. The van der Waals surface area contributed by atoms with Crippen LogP contribution >= 0.6 is 11.8 Å². The zero-order valence-corrected chi connectivity index (χ0v) is 18.2. The first-order valence-corrected chi connectivity index (χ1v) is 10.9. The molecule has 6 nitrogen and oxygen atoms in total. The number of carbonyl (C=O) groups excluding carboxylic acids is 2. The van der Waals surface area contributed by atoms with Gasteiger partial charge in [-0.1, -0.05) is 18.2 Å². The number of nitrogens with one attached hydrogen (secondary N) is 1. The molecule has 0 aromatic heterocycles. The second-order valence-corrected chi connectivity index (χ2v) is 8.11. The Balaban J connectivity index is 1.61. The lowest BCUT2D eigenvalue weighted by molar-refractivity contribution is -0.144. The van der Waals surface area contributed by atoms with Gasteiger partial charge in [0.15, 0.2) is 6.61 Å². The number of benzene rings is 2.